The third kappa shape index (κ3) is 5.05. The zero-order valence-corrected chi connectivity index (χ0v) is 13.0. The smallest absolute Gasteiger partial charge is 0.220 e. The predicted molar refractivity (Wildman–Crippen MR) is 84.5 cm³/mol. The van der Waals surface area contributed by atoms with Gasteiger partial charge in [-0.3, -0.25) is 4.79 Å². The van der Waals surface area contributed by atoms with Gasteiger partial charge in [0.25, 0.3) is 0 Å². The van der Waals surface area contributed by atoms with Gasteiger partial charge >= 0.3 is 0 Å². The van der Waals surface area contributed by atoms with Gasteiger partial charge in [0.15, 0.2) is 0 Å². The first-order valence-corrected chi connectivity index (χ1v) is 7.81. The second kappa shape index (κ2) is 8.03. The molecule has 1 amide bonds. The van der Waals surface area contributed by atoms with Crippen molar-refractivity contribution in [3.05, 3.63) is 29.8 Å². The summed E-state index contributed by atoms with van der Waals surface area (Å²) in [6.07, 6.45) is 3.50. The van der Waals surface area contributed by atoms with Crippen LogP contribution in [0.5, 0.6) is 5.75 Å². The van der Waals surface area contributed by atoms with Crippen LogP contribution < -0.4 is 15.4 Å². The number of hydrogen-bond donors (Lipinski definition) is 2. The van der Waals surface area contributed by atoms with Gasteiger partial charge in [-0.2, -0.15) is 0 Å². The maximum atomic E-state index is 12.1. The van der Waals surface area contributed by atoms with E-state index in [9.17, 15) is 4.79 Å². The molecule has 0 aromatic heterocycles. The van der Waals surface area contributed by atoms with Gasteiger partial charge in [0.1, 0.15) is 5.75 Å². The van der Waals surface area contributed by atoms with Gasteiger partial charge < -0.3 is 15.4 Å². The molecule has 0 bridgehead atoms. The first-order valence-electron chi connectivity index (χ1n) is 7.81. The van der Waals surface area contributed by atoms with Gasteiger partial charge in [0.2, 0.25) is 5.91 Å². The number of carbonyl (C=O) groups excluding carboxylic acids is 1. The summed E-state index contributed by atoms with van der Waals surface area (Å²) in [5, 5.41) is 6.46. The fraction of sp³-hybridized carbons (Fsp3) is 0.588. The molecule has 1 saturated heterocycles. The van der Waals surface area contributed by atoms with Crippen molar-refractivity contribution in [2.45, 2.75) is 38.6 Å². The highest BCUT2D eigenvalue weighted by atomic mass is 16.5. The molecule has 2 N–H and O–H groups in total. The van der Waals surface area contributed by atoms with Crippen molar-refractivity contribution in [2.24, 2.45) is 5.92 Å². The lowest BCUT2D eigenvalue weighted by atomic mass is 9.96. The zero-order valence-electron chi connectivity index (χ0n) is 13.0. The van der Waals surface area contributed by atoms with Crippen LogP contribution in [0.2, 0.25) is 0 Å². The summed E-state index contributed by atoms with van der Waals surface area (Å²) in [6, 6.07) is 8.37. The summed E-state index contributed by atoms with van der Waals surface area (Å²) in [5.74, 6) is 1.38. The van der Waals surface area contributed by atoms with Crippen molar-refractivity contribution in [1.29, 1.82) is 0 Å². The van der Waals surface area contributed by atoms with Crippen molar-refractivity contribution in [1.82, 2.24) is 10.6 Å². The number of ether oxygens (including phenoxy) is 1. The minimum absolute atomic E-state index is 0.171. The summed E-state index contributed by atoms with van der Waals surface area (Å²) >= 11 is 0. The highest BCUT2D eigenvalue weighted by Gasteiger charge is 2.17. The van der Waals surface area contributed by atoms with Crippen LogP contribution in [-0.2, 0) is 11.2 Å². The summed E-state index contributed by atoms with van der Waals surface area (Å²) in [4.78, 5) is 12.1. The Kier molecular flexibility index (Phi) is 6.05. The first kappa shape index (κ1) is 15.8. The second-order valence-corrected chi connectivity index (χ2v) is 5.92. The van der Waals surface area contributed by atoms with E-state index in [0.29, 0.717) is 18.4 Å². The van der Waals surface area contributed by atoms with E-state index >= 15 is 0 Å². The Morgan fingerprint density at radius 2 is 2.10 bits per heavy atom. The van der Waals surface area contributed by atoms with Gasteiger partial charge in [0, 0.05) is 12.5 Å². The SMILES string of the molecule is COc1ccccc1CC(C)CC(=O)NC1CCNCC1. The summed E-state index contributed by atoms with van der Waals surface area (Å²) in [6.45, 7) is 4.12. The molecule has 0 radical (unpaired) electrons. The maximum Gasteiger partial charge on any atom is 0.220 e. The molecule has 0 spiro atoms. The van der Waals surface area contributed by atoms with E-state index in [2.05, 4.69) is 23.6 Å². The van der Waals surface area contributed by atoms with Crippen LogP contribution in [-0.4, -0.2) is 32.1 Å². The fourth-order valence-corrected chi connectivity index (χ4v) is 2.89. The van der Waals surface area contributed by atoms with E-state index in [-0.39, 0.29) is 5.91 Å². The zero-order chi connectivity index (χ0) is 15.1. The molecule has 0 aliphatic carbocycles. The number of rotatable bonds is 6. The molecule has 2 rings (SSSR count). The molecule has 1 aliphatic heterocycles. The fourth-order valence-electron chi connectivity index (χ4n) is 2.89. The van der Waals surface area contributed by atoms with E-state index in [1.54, 1.807) is 7.11 Å². The van der Waals surface area contributed by atoms with Gasteiger partial charge in [-0.05, 0) is 49.9 Å². The van der Waals surface area contributed by atoms with Crippen molar-refractivity contribution >= 4 is 5.91 Å². The third-order valence-electron chi connectivity index (χ3n) is 4.00. The standard InChI is InChI=1S/C17H26N2O2/c1-13(11-14-5-3-4-6-16(14)21-2)12-17(20)19-15-7-9-18-10-8-15/h3-6,13,15,18H,7-12H2,1-2H3,(H,19,20). The van der Waals surface area contributed by atoms with Crippen LogP contribution in [0.1, 0.15) is 31.7 Å². The highest BCUT2D eigenvalue weighted by molar-refractivity contribution is 5.76. The Labute approximate surface area is 127 Å². The van der Waals surface area contributed by atoms with Gasteiger partial charge in [0.05, 0.1) is 7.11 Å². The molecule has 1 heterocycles. The lowest BCUT2D eigenvalue weighted by Gasteiger charge is -2.24. The Morgan fingerprint density at radius 3 is 2.81 bits per heavy atom. The Hall–Kier alpha value is -1.55. The topological polar surface area (TPSA) is 50.4 Å². The van der Waals surface area contributed by atoms with Crippen LogP contribution in [0.15, 0.2) is 24.3 Å². The van der Waals surface area contributed by atoms with Crippen molar-refractivity contribution in [2.75, 3.05) is 20.2 Å². The number of carbonyl (C=O) groups is 1. The molecule has 4 heteroatoms. The molecule has 1 atom stereocenters. The molecule has 1 aromatic carbocycles. The van der Waals surface area contributed by atoms with E-state index < -0.39 is 0 Å². The summed E-state index contributed by atoms with van der Waals surface area (Å²) < 4.78 is 5.37. The van der Waals surface area contributed by atoms with Crippen LogP contribution >= 0.6 is 0 Å². The monoisotopic (exact) mass is 290 g/mol. The van der Waals surface area contributed by atoms with E-state index in [0.717, 1.165) is 38.1 Å². The molecule has 4 nitrogen and oxygen atoms in total. The Balaban J connectivity index is 1.80. The number of amides is 1. The summed E-state index contributed by atoms with van der Waals surface area (Å²) in [5.41, 5.74) is 1.17. The van der Waals surface area contributed by atoms with Crippen molar-refractivity contribution in [3.8, 4) is 5.75 Å². The molecule has 1 fully saturated rings. The molecule has 1 aliphatic rings. The first-order chi connectivity index (χ1) is 10.2. The number of hydrogen-bond acceptors (Lipinski definition) is 3. The number of benzene rings is 1. The molecule has 0 saturated carbocycles. The van der Waals surface area contributed by atoms with Crippen molar-refractivity contribution < 1.29 is 9.53 Å². The third-order valence-corrected chi connectivity index (χ3v) is 4.00. The average molecular weight is 290 g/mol. The highest BCUT2D eigenvalue weighted by Crippen LogP contribution is 2.22. The molecule has 1 aromatic rings. The minimum Gasteiger partial charge on any atom is -0.496 e. The van der Waals surface area contributed by atoms with E-state index in [1.165, 1.54) is 5.56 Å². The lowest BCUT2D eigenvalue weighted by Crippen LogP contribution is -2.43. The van der Waals surface area contributed by atoms with Crippen LogP contribution in [0.4, 0.5) is 0 Å². The van der Waals surface area contributed by atoms with Crippen LogP contribution in [0.25, 0.3) is 0 Å². The van der Waals surface area contributed by atoms with E-state index in [4.69, 9.17) is 4.74 Å². The Bertz CT molecular complexity index is 456. The largest absolute Gasteiger partial charge is 0.496 e. The molecular weight excluding hydrogens is 264 g/mol. The molecule has 21 heavy (non-hydrogen) atoms. The number of piperidine rings is 1. The molecule has 116 valence electrons. The van der Waals surface area contributed by atoms with Crippen LogP contribution in [0, 0.1) is 5.92 Å². The maximum absolute atomic E-state index is 12.1. The summed E-state index contributed by atoms with van der Waals surface area (Å²) in [7, 11) is 1.69. The average Bonchev–Trinajstić information content (AvgIpc) is 2.48. The van der Waals surface area contributed by atoms with Gasteiger partial charge in [-0.25, -0.2) is 0 Å². The quantitative estimate of drug-likeness (QED) is 0.844. The van der Waals surface area contributed by atoms with Gasteiger partial charge in [-0.1, -0.05) is 25.1 Å². The number of nitrogens with one attached hydrogen (secondary N) is 2. The minimum atomic E-state index is 0.171. The predicted octanol–water partition coefficient (Wildman–Crippen LogP) is 2.13. The molecule has 1 unspecified atom stereocenters. The van der Waals surface area contributed by atoms with E-state index in [1.807, 2.05) is 18.2 Å². The Morgan fingerprint density at radius 1 is 1.38 bits per heavy atom. The number of para-hydroxylation sites is 1. The van der Waals surface area contributed by atoms with Crippen molar-refractivity contribution in [3.63, 3.8) is 0 Å². The van der Waals surface area contributed by atoms with Crippen LogP contribution in [0.3, 0.4) is 0 Å². The number of methoxy groups -OCH3 is 1. The molecular formula is C17H26N2O2. The lowest BCUT2D eigenvalue weighted by molar-refractivity contribution is -0.122. The van der Waals surface area contributed by atoms with Gasteiger partial charge in [-0.15, -0.1) is 0 Å². The second-order valence-electron chi connectivity index (χ2n) is 5.92. The normalized spacial score (nSPS) is 17.2.